The van der Waals surface area contributed by atoms with Crippen LogP contribution in [0.3, 0.4) is 0 Å². The number of nitrogens with one attached hydrogen (secondary N) is 1. The van der Waals surface area contributed by atoms with E-state index in [1.807, 2.05) is 32.0 Å². The van der Waals surface area contributed by atoms with Crippen molar-refractivity contribution in [2.24, 2.45) is 0 Å². The van der Waals surface area contributed by atoms with Crippen molar-refractivity contribution < 1.29 is 0 Å². The van der Waals surface area contributed by atoms with E-state index in [2.05, 4.69) is 23.5 Å². The van der Waals surface area contributed by atoms with E-state index < -0.39 is 0 Å². The first-order valence-corrected chi connectivity index (χ1v) is 4.80. The summed E-state index contributed by atoms with van der Waals surface area (Å²) in [4.78, 5) is 0. The molecule has 0 unspecified atom stereocenters. The van der Waals surface area contributed by atoms with Crippen LogP contribution in [0.4, 0.5) is 0 Å². The fraction of sp³-hybridized carbons (Fsp3) is 0.417. The van der Waals surface area contributed by atoms with Crippen molar-refractivity contribution in [1.82, 2.24) is 5.32 Å². The number of hydrogen-bond acceptors (Lipinski definition) is 2. The maximum absolute atomic E-state index is 8.61. The molecule has 0 aliphatic carbocycles. The van der Waals surface area contributed by atoms with Gasteiger partial charge in [-0.15, -0.1) is 0 Å². The molecule has 1 rings (SSSR count). The quantitative estimate of drug-likeness (QED) is 0.788. The Morgan fingerprint density at radius 3 is 2.50 bits per heavy atom. The molecule has 0 aromatic heterocycles. The lowest BCUT2D eigenvalue weighted by atomic mass is 10.0. The standard InChI is InChI=1S/C12H16N2/c1-12(2,8-9-13)14-10-11-6-4-3-5-7-11/h3-7,14H,8,10H2,1-2H3. The minimum absolute atomic E-state index is 0.107. The third-order valence-corrected chi connectivity index (χ3v) is 2.13. The van der Waals surface area contributed by atoms with Gasteiger partial charge in [0.05, 0.1) is 12.5 Å². The Labute approximate surface area is 85.6 Å². The first-order chi connectivity index (χ1) is 6.64. The van der Waals surface area contributed by atoms with E-state index in [1.54, 1.807) is 0 Å². The van der Waals surface area contributed by atoms with Crippen LogP contribution in [0.15, 0.2) is 30.3 Å². The van der Waals surface area contributed by atoms with E-state index in [9.17, 15) is 0 Å². The topological polar surface area (TPSA) is 35.8 Å². The second kappa shape index (κ2) is 4.78. The normalized spacial score (nSPS) is 10.9. The molecular formula is C12H16N2. The van der Waals surface area contributed by atoms with Crippen molar-refractivity contribution in [1.29, 1.82) is 5.26 Å². The summed E-state index contributed by atoms with van der Waals surface area (Å²) < 4.78 is 0. The van der Waals surface area contributed by atoms with E-state index in [-0.39, 0.29) is 5.54 Å². The van der Waals surface area contributed by atoms with Crippen LogP contribution in [0.1, 0.15) is 25.8 Å². The Morgan fingerprint density at radius 2 is 1.93 bits per heavy atom. The zero-order chi connectivity index (χ0) is 10.4. The molecular weight excluding hydrogens is 172 g/mol. The van der Waals surface area contributed by atoms with E-state index in [1.165, 1.54) is 5.56 Å². The van der Waals surface area contributed by atoms with Crippen molar-refractivity contribution >= 4 is 0 Å². The van der Waals surface area contributed by atoms with Gasteiger partial charge >= 0.3 is 0 Å². The van der Waals surface area contributed by atoms with Crippen molar-refractivity contribution in [3.8, 4) is 6.07 Å². The summed E-state index contributed by atoms with van der Waals surface area (Å²) >= 11 is 0. The highest BCUT2D eigenvalue weighted by Crippen LogP contribution is 2.08. The summed E-state index contributed by atoms with van der Waals surface area (Å²) in [6.07, 6.45) is 0.528. The molecule has 0 aliphatic rings. The minimum Gasteiger partial charge on any atom is -0.307 e. The molecule has 0 spiro atoms. The smallest absolute Gasteiger partial charge is 0.0640 e. The molecule has 1 aromatic rings. The monoisotopic (exact) mass is 188 g/mol. The largest absolute Gasteiger partial charge is 0.307 e. The van der Waals surface area contributed by atoms with Crippen LogP contribution in [0.5, 0.6) is 0 Å². The van der Waals surface area contributed by atoms with Gasteiger partial charge in [0, 0.05) is 12.1 Å². The van der Waals surface area contributed by atoms with Crippen molar-refractivity contribution in [3.05, 3.63) is 35.9 Å². The highest BCUT2D eigenvalue weighted by molar-refractivity contribution is 5.14. The molecule has 0 heterocycles. The second-order valence-corrected chi connectivity index (χ2v) is 4.06. The zero-order valence-corrected chi connectivity index (χ0v) is 8.75. The van der Waals surface area contributed by atoms with Gasteiger partial charge in [-0.2, -0.15) is 5.26 Å². The van der Waals surface area contributed by atoms with Crippen LogP contribution in [0, 0.1) is 11.3 Å². The van der Waals surface area contributed by atoms with Crippen LogP contribution in [-0.4, -0.2) is 5.54 Å². The van der Waals surface area contributed by atoms with Gasteiger partial charge in [0.1, 0.15) is 0 Å². The van der Waals surface area contributed by atoms with Gasteiger partial charge in [0.2, 0.25) is 0 Å². The molecule has 0 amide bonds. The number of benzene rings is 1. The summed E-state index contributed by atoms with van der Waals surface area (Å²) in [6, 6.07) is 12.4. The SMILES string of the molecule is CC(C)(CC#N)NCc1ccccc1. The highest BCUT2D eigenvalue weighted by atomic mass is 14.9. The fourth-order valence-electron chi connectivity index (χ4n) is 1.20. The molecule has 0 bridgehead atoms. The molecule has 0 atom stereocenters. The predicted octanol–water partition coefficient (Wildman–Crippen LogP) is 2.47. The summed E-state index contributed by atoms with van der Waals surface area (Å²) in [6.45, 7) is 4.90. The molecule has 14 heavy (non-hydrogen) atoms. The molecule has 0 saturated carbocycles. The zero-order valence-electron chi connectivity index (χ0n) is 8.75. The molecule has 74 valence electrons. The Morgan fingerprint density at radius 1 is 1.29 bits per heavy atom. The van der Waals surface area contributed by atoms with Gasteiger partial charge in [-0.25, -0.2) is 0 Å². The molecule has 0 radical (unpaired) electrons. The van der Waals surface area contributed by atoms with Gasteiger partial charge in [0.25, 0.3) is 0 Å². The summed E-state index contributed by atoms with van der Waals surface area (Å²) in [5, 5.41) is 12.0. The van der Waals surface area contributed by atoms with Crippen molar-refractivity contribution in [2.45, 2.75) is 32.4 Å². The molecule has 0 fully saturated rings. The van der Waals surface area contributed by atoms with Gasteiger partial charge in [0.15, 0.2) is 0 Å². The van der Waals surface area contributed by atoms with Crippen LogP contribution >= 0.6 is 0 Å². The third-order valence-electron chi connectivity index (χ3n) is 2.13. The molecule has 2 nitrogen and oxygen atoms in total. The first-order valence-electron chi connectivity index (χ1n) is 4.80. The molecule has 1 N–H and O–H groups in total. The first kappa shape index (κ1) is 10.7. The van der Waals surface area contributed by atoms with Gasteiger partial charge < -0.3 is 5.32 Å². The maximum atomic E-state index is 8.61. The Balaban J connectivity index is 2.45. The molecule has 1 aromatic carbocycles. The van der Waals surface area contributed by atoms with Crippen LogP contribution < -0.4 is 5.32 Å². The number of nitriles is 1. The lowest BCUT2D eigenvalue weighted by molar-refractivity contribution is 0.394. The van der Waals surface area contributed by atoms with Gasteiger partial charge in [-0.1, -0.05) is 30.3 Å². The third kappa shape index (κ3) is 3.59. The van der Waals surface area contributed by atoms with Crippen LogP contribution in [-0.2, 0) is 6.54 Å². The lowest BCUT2D eigenvalue weighted by Crippen LogP contribution is -2.38. The summed E-state index contributed by atoms with van der Waals surface area (Å²) in [5.41, 5.74) is 1.14. The highest BCUT2D eigenvalue weighted by Gasteiger charge is 2.15. The van der Waals surface area contributed by atoms with E-state index in [4.69, 9.17) is 5.26 Å². The average Bonchev–Trinajstić information content (AvgIpc) is 2.17. The fourth-order valence-corrected chi connectivity index (χ4v) is 1.20. The van der Waals surface area contributed by atoms with E-state index in [0.717, 1.165) is 6.54 Å². The second-order valence-electron chi connectivity index (χ2n) is 4.06. The van der Waals surface area contributed by atoms with Crippen molar-refractivity contribution in [3.63, 3.8) is 0 Å². The minimum atomic E-state index is -0.107. The Bertz CT molecular complexity index is 309. The summed E-state index contributed by atoms with van der Waals surface area (Å²) in [5.74, 6) is 0. The number of nitrogens with zero attached hydrogens (tertiary/aromatic N) is 1. The molecule has 0 aliphatic heterocycles. The Kier molecular flexibility index (Phi) is 3.67. The van der Waals surface area contributed by atoms with Gasteiger partial charge in [-0.05, 0) is 19.4 Å². The molecule has 0 saturated heterocycles. The van der Waals surface area contributed by atoms with E-state index in [0.29, 0.717) is 6.42 Å². The maximum Gasteiger partial charge on any atom is 0.0640 e. The lowest BCUT2D eigenvalue weighted by Gasteiger charge is -2.23. The average molecular weight is 188 g/mol. The number of rotatable bonds is 4. The predicted molar refractivity (Wildman–Crippen MR) is 57.6 cm³/mol. The summed E-state index contributed by atoms with van der Waals surface area (Å²) in [7, 11) is 0. The van der Waals surface area contributed by atoms with Crippen LogP contribution in [0.2, 0.25) is 0 Å². The van der Waals surface area contributed by atoms with E-state index >= 15 is 0 Å². The molecule has 2 heteroatoms. The van der Waals surface area contributed by atoms with Gasteiger partial charge in [-0.3, -0.25) is 0 Å². The Hall–Kier alpha value is -1.33. The van der Waals surface area contributed by atoms with Crippen molar-refractivity contribution in [2.75, 3.05) is 0 Å². The number of hydrogen-bond donors (Lipinski definition) is 1. The van der Waals surface area contributed by atoms with Crippen LogP contribution in [0.25, 0.3) is 0 Å².